The van der Waals surface area contributed by atoms with Crippen LogP contribution in [-0.4, -0.2) is 37.6 Å². The molecule has 4 nitrogen and oxygen atoms in total. The topological polar surface area (TPSA) is 72.4 Å². The van der Waals surface area contributed by atoms with E-state index in [-0.39, 0.29) is 103 Å². The van der Waals surface area contributed by atoms with Gasteiger partial charge in [-0.3, -0.25) is 0 Å². The van der Waals surface area contributed by atoms with Gasteiger partial charge in [-0.25, -0.2) is 18.0 Å². The van der Waals surface area contributed by atoms with Gasteiger partial charge in [-0.2, -0.15) is 0 Å². The minimum atomic E-state index is -3.83. The van der Waals surface area contributed by atoms with Gasteiger partial charge in [0, 0.05) is 0 Å². The van der Waals surface area contributed by atoms with Crippen LogP contribution in [-0.2, 0) is 9.53 Å². The van der Waals surface area contributed by atoms with E-state index in [2.05, 4.69) is 4.74 Å². The van der Waals surface area contributed by atoms with Crippen LogP contribution in [0.25, 0.3) is 0 Å². The van der Waals surface area contributed by atoms with Crippen LogP contribution in [0.15, 0.2) is 0 Å². The van der Waals surface area contributed by atoms with E-state index in [4.69, 9.17) is 0 Å². The van der Waals surface area contributed by atoms with Crippen molar-refractivity contribution in [2.24, 2.45) is 0 Å². The molecule has 0 N–H and O–H groups in total. The van der Waals surface area contributed by atoms with E-state index in [9.17, 15) is 28.0 Å². The van der Waals surface area contributed by atoms with Gasteiger partial charge in [0.05, 0.1) is 7.11 Å². The third-order valence-corrected chi connectivity index (χ3v) is 2.02. The molecule has 1 fully saturated rings. The first-order chi connectivity index (χ1) is 5.83. The van der Waals surface area contributed by atoms with E-state index >= 15 is 0 Å². The smallest absolute Gasteiger partial charge is 0.891 e. The third kappa shape index (κ3) is 2.76. The van der Waals surface area contributed by atoms with Crippen molar-refractivity contribution >= 4 is 13.1 Å². The molecule has 0 aromatic rings. The van der Waals surface area contributed by atoms with E-state index in [0.717, 1.165) is 0 Å². The van der Waals surface area contributed by atoms with E-state index < -0.39 is 30.5 Å². The fourth-order valence-electron chi connectivity index (χ4n) is 1.08. The Kier molecular flexibility index (Phi) is 8.76. The fraction of sp³-hybridized carbons (Fsp3) is 0.800. The number of alkyl halides is 3. The molecule has 0 saturated heterocycles. The van der Waals surface area contributed by atoms with Crippen molar-refractivity contribution in [2.75, 3.05) is 7.11 Å². The molecule has 0 bridgehead atoms. The number of hydrogen-bond donors (Lipinski definition) is 0. The maximum absolute atomic E-state index is 13.0. The summed E-state index contributed by atoms with van der Waals surface area (Å²) in [5.74, 6) is -1.88. The van der Waals surface area contributed by atoms with Crippen LogP contribution in [0.5, 0.6) is 0 Å². The zero-order valence-corrected chi connectivity index (χ0v) is 14.7. The molecule has 0 spiro atoms. The van der Waals surface area contributed by atoms with Crippen molar-refractivity contribution < 1.29 is 136 Å². The van der Waals surface area contributed by atoms with Crippen LogP contribution in [0.2, 0.25) is 0 Å². The van der Waals surface area contributed by atoms with Crippen LogP contribution < -0.4 is 113 Å². The van der Waals surface area contributed by atoms with Crippen molar-refractivity contribution in [1.82, 2.24) is 0 Å². The van der Waals surface area contributed by atoms with Gasteiger partial charge in [-0.1, -0.05) is 7.12 Å². The molecule has 1 rings (SSSR count). The van der Waals surface area contributed by atoms with Crippen LogP contribution in [0.1, 0.15) is 0 Å². The summed E-state index contributed by atoms with van der Waals surface area (Å²) in [5, 5.41) is 20.1. The SMILES string of the molecule is COC(=O)[C@]1(F)C(F)[C@@]1(F)B([O-])[O-].[K+].[K+]. The van der Waals surface area contributed by atoms with Gasteiger partial charge < -0.3 is 14.8 Å². The number of rotatable bonds is 2. The zero-order chi connectivity index (χ0) is 10.4. The summed E-state index contributed by atoms with van der Waals surface area (Å²) < 4.78 is 42.0. The predicted octanol–water partition coefficient (Wildman–Crippen LogP) is -8.32. The third-order valence-electron chi connectivity index (χ3n) is 2.02. The number of methoxy groups -OCH3 is 1. The number of carbonyl (C=O) groups is 1. The zero-order valence-electron chi connectivity index (χ0n) is 8.42. The van der Waals surface area contributed by atoms with Crippen molar-refractivity contribution in [3.8, 4) is 0 Å². The second-order valence-electron chi connectivity index (χ2n) is 2.67. The van der Waals surface area contributed by atoms with Crippen molar-refractivity contribution in [3.63, 3.8) is 0 Å². The largest absolute Gasteiger partial charge is 1.00 e. The van der Waals surface area contributed by atoms with E-state index in [1.54, 1.807) is 0 Å². The summed E-state index contributed by atoms with van der Waals surface area (Å²) in [4.78, 5) is 10.5. The summed E-state index contributed by atoms with van der Waals surface area (Å²) in [6, 6.07) is 0. The first-order valence-corrected chi connectivity index (χ1v) is 3.25. The molecule has 0 amide bonds. The summed E-state index contributed by atoms with van der Waals surface area (Å²) in [7, 11) is -2.70. The summed E-state index contributed by atoms with van der Waals surface area (Å²) in [5.41, 5.74) is -7.56. The Hall–Kier alpha value is 2.52. The molecule has 1 aliphatic rings. The molecule has 74 valence electrons. The van der Waals surface area contributed by atoms with Crippen molar-refractivity contribution in [2.45, 2.75) is 17.4 Å². The van der Waals surface area contributed by atoms with Gasteiger partial charge >= 0.3 is 109 Å². The molecule has 15 heavy (non-hydrogen) atoms. The number of halogens is 3. The predicted molar refractivity (Wildman–Crippen MR) is 30.3 cm³/mol. The molecular weight excluding hydrogens is 270 g/mol. The molecule has 1 aliphatic carbocycles. The molecule has 0 radical (unpaired) electrons. The van der Waals surface area contributed by atoms with E-state index in [1.807, 2.05) is 0 Å². The number of hydrogen-bond acceptors (Lipinski definition) is 4. The van der Waals surface area contributed by atoms with Gasteiger partial charge in [0.15, 0.2) is 6.17 Å². The molecule has 10 heteroatoms. The minimum Gasteiger partial charge on any atom is -0.891 e. The van der Waals surface area contributed by atoms with Crippen LogP contribution in [0, 0.1) is 0 Å². The minimum absolute atomic E-state index is 0. The molecular formula is C5H4BF3K2O4. The van der Waals surface area contributed by atoms with Crippen LogP contribution in [0.4, 0.5) is 13.2 Å². The summed E-state index contributed by atoms with van der Waals surface area (Å²) in [6.07, 6.45) is -3.03. The number of ether oxygens (including phenoxy) is 1. The number of esters is 1. The average molecular weight is 274 g/mol. The Morgan fingerprint density at radius 3 is 2.00 bits per heavy atom. The van der Waals surface area contributed by atoms with E-state index in [1.165, 1.54) is 0 Å². The molecule has 3 atom stereocenters. The Labute approximate surface area is 169 Å². The van der Waals surface area contributed by atoms with Gasteiger partial charge in [-0.05, 0) is 0 Å². The average Bonchev–Trinajstić information content (AvgIpc) is 2.53. The summed E-state index contributed by atoms with van der Waals surface area (Å²) in [6.45, 7) is 0. The van der Waals surface area contributed by atoms with Gasteiger partial charge in [0.2, 0.25) is 0 Å². The van der Waals surface area contributed by atoms with Gasteiger partial charge in [0.25, 0.3) is 5.67 Å². The van der Waals surface area contributed by atoms with E-state index in [0.29, 0.717) is 7.11 Å². The molecule has 0 heterocycles. The van der Waals surface area contributed by atoms with Gasteiger partial charge in [0.1, 0.15) is 5.57 Å². The van der Waals surface area contributed by atoms with Crippen LogP contribution >= 0.6 is 0 Å². The quantitative estimate of drug-likeness (QED) is 0.370. The van der Waals surface area contributed by atoms with Crippen LogP contribution in [0.3, 0.4) is 0 Å². The maximum Gasteiger partial charge on any atom is 1.00 e. The monoisotopic (exact) mass is 274 g/mol. The second-order valence-corrected chi connectivity index (χ2v) is 2.67. The maximum atomic E-state index is 13.0. The molecule has 1 saturated carbocycles. The molecule has 0 aromatic heterocycles. The molecule has 0 aliphatic heterocycles. The Bertz CT molecular complexity index is 258. The fourth-order valence-corrected chi connectivity index (χ4v) is 1.08. The number of carbonyl (C=O) groups excluding carboxylic acids is 1. The van der Waals surface area contributed by atoms with Gasteiger partial charge in [-0.15, -0.1) is 0 Å². The summed E-state index contributed by atoms with van der Waals surface area (Å²) >= 11 is 0. The van der Waals surface area contributed by atoms with Crippen molar-refractivity contribution in [1.29, 1.82) is 0 Å². The Morgan fingerprint density at radius 2 is 1.80 bits per heavy atom. The normalized spacial score (nSPS) is 37.1. The first-order valence-electron chi connectivity index (χ1n) is 3.25. The molecule has 0 aromatic carbocycles. The standard InChI is InChI=1S/C5H4BF3O4.2K/c1-13-3(10)4(8)2(7)5(4,9)6(11)12;;/h2H,1H3;;/q-2;2*+1/t2?,4-,5+;;/m1../s1. The second kappa shape index (κ2) is 6.62. The molecule has 1 unspecified atom stereocenters. The first kappa shape index (κ1) is 19.8. The Balaban J connectivity index is 0. The Morgan fingerprint density at radius 1 is 1.40 bits per heavy atom. The van der Waals surface area contributed by atoms with Crippen molar-refractivity contribution in [3.05, 3.63) is 0 Å².